The van der Waals surface area contributed by atoms with Gasteiger partial charge >= 0.3 is 0 Å². The van der Waals surface area contributed by atoms with Crippen molar-refractivity contribution in [2.24, 2.45) is 0 Å². The second kappa shape index (κ2) is 10.7. The zero-order valence-corrected chi connectivity index (χ0v) is 15.7. The van der Waals surface area contributed by atoms with E-state index in [1.807, 2.05) is 48.5 Å². The molecule has 0 amide bonds. The van der Waals surface area contributed by atoms with Gasteiger partial charge in [0.2, 0.25) is 0 Å². The lowest BCUT2D eigenvalue weighted by Gasteiger charge is -2.27. The molecule has 25 heavy (non-hydrogen) atoms. The SMILES string of the molecule is CCCCCN(CCCCC)c1ccccc1C(=O)c1ccccc1. The lowest BCUT2D eigenvalue weighted by molar-refractivity contribution is 0.103. The molecular weight excluding hydrogens is 306 g/mol. The summed E-state index contributed by atoms with van der Waals surface area (Å²) in [6.07, 6.45) is 7.26. The molecule has 0 aliphatic heterocycles. The molecule has 0 unspecified atom stereocenters. The summed E-state index contributed by atoms with van der Waals surface area (Å²) in [6, 6.07) is 17.7. The smallest absolute Gasteiger partial charge is 0.195 e. The van der Waals surface area contributed by atoms with E-state index in [1.54, 1.807) is 0 Å². The summed E-state index contributed by atoms with van der Waals surface area (Å²) < 4.78 is 0. The molecule has 0 aromatic heterocycles. The van der Waals surface area contributed by atoms with Gasteiger partial charge in [-0.1, -0.05) is 82.0 Å². The molecule has 134 valence electrons. The number of hydrogen-bond acceptors (Lipinski definition) is 2. The Labute approximate surface area is 152 Å². The Hall–Kier alpha value is -2.09. The highest BCUT2D eigenvalue weighted by atomic mass is 16.1. The molecule has 0 aliphatic carbocycles. The Morgan fingerprint density at radius 3 is 1.92 bits per heavy atom. The van der Waals surface area contributed by atoms with Crippen LogP contribution in [0.1, 0.15) is 68.3 Å². The summed E-state index contributed by atoms with van der Waals surface area (Å²) in [5.74, 6) is 0.118. The second-order valence-corrected chi connectivity index (χ2v) is 6.61. The van der Waals surface area contributed by atoms with E-state index in [9.17, 15) is 4.79 Å². The van der Waals surface area contributed by atoms with Crippen LogP contribution in [0.25, 0.3) is 0 Å². The monoisotopic (exact) mass is 337 g/mol. The van der Waals surface area contributed by atoms with E-state index in [0.717, 1.165) is 29.9 Å². The molecule has 0 saturated heterocycles. The molecule has 0 fully saturated rings. The first-order valence-corrected chi connectivity index (χ1v) is 9.71. The van der Waals surface area contributed by atoms with Gasteiger partial charge in [-0.25, -0.2) is 0 Å². The van der Waals surface area contributed by atoms with Crippen LogP contribution >= 0.6 is 0 Å². The molecule has 2 aromatic carbocycles. The molecule has 0 bridgehead atoms. The molecule has 2 heteroatoms. The number of rotatable bonds is 11. The van der Waals surface area contributed by atoms with Crippen molar-refractivity contribution in [2.45, 2.75) is 52.4 Å². The summed E-state index contributed by atoms with van der Waals surface area (Å²) in [5.41, 5.74) is 2.67. The maximum atomic E-state index is 13.0. The maximum absolute atomic E-state index is 13.0. The highest BCUT2D eigenvalue weighted by molar-refractivity contribution is 6.12. The second-order valence-electron chi connectivity index (χ2n) is 6.61. The number of carbonyl (C=O) groups is 1. The van der Waals surface area contributed by atoms with Crippen molar-refractivity contribution in [1.29, 1.82) is 0 Å². The van der Waals surface area contributed by atoms with Gasteiger partial charge in [0.25, 0.3) is 0 Å². The van der Waals surface area contributed by atoms with E-state index < -0.39 is 0 Å². The lowest BCUT2D eigenvalue weighted by atomic mass is 10.0. The summed E-state index contributed by atoms with van der Waals surface area (Å²) in [6.45, 7) is 6.51. The van der Waals surface area contributed by atoms with Crippen molar-refractivity contribution >= 4 is 11.5 Å². The average molecular weight is 338 g/mol. The zero-order valence-electron chi connectivity index (χ0n) is 15.7. The number of benzene rings is 2. The van der Waals surface area contributed by atoms with Crippen molar-refractivity contribution in [1.82, 2.24) is 0 Å². The third kappa shape index (κ3) is 5.74. The van der Waals surface area contributed by atoms with Crippen LogP contribution in [0.4, 0.5) is 5.69 Å². The lowest BCUT2D eigenvalue weighted by Crippen LogP contribution is -2.27. The number of anilines is 1. The van der Waals surface area contributed by atoms with E-state index in [-0.39, 0.29) is 5.78 Å². The van der Waals surface area contributed by atoms with Crippen LogP contribution in [0.15, 0.2) is 54.6 Å². The highest BCUT2D eigenvalue weighted by Gasteiger charge is 2.17. The summed E-state index contributed by atoms with van der Waals surface area (Å²) >= 11 is 0. The minimum Gasteiger partial charge on any atom is -0.371 e. The summed E-state index contributed by atoms with van der Waals surface area (Å²) in [7, 11) is 0. The molecule has 0 N–H and O–H groups in total. The molecule has 0 radical (unpaired) electrons. The van der Waals surface area contributed by atoms with E-state index in [1.165, 1.54) is 38.5 Å². The van der Waals surface area contributed by atoms with Crippen molar-refractivity contribution < 1.29 is 4.79 Å². The van der Waals surface area contributed by atoms with Crippen LogP contribution < -0.4 is 4.90 Å². The number of hydrogen-bond donors (Lipinski definition) is 0. The third-order valence-corrected chi connectivity index (χ3v) is 4.59. The fourth-order valence-corrected chi connectivity index (χ4v) is 3.14. The van der Waals surface area contributed by atoms with E-state index in [4.69, 9.17) is 0 Å². The fourth-order valence-electron chi connectivity index (χ4n) is 3.14. The number of para-hydroxylation sites is 1. The number of nitrogens with zero attached hydrogens (tertiary/aromatic N) is 1. The first-order chi connectivity index (χ1) is 12.3. The molecule has 0 spiro atoms. The predicted octanol–water partition coefficient (Wildman–Crippen LogP) is 6.10. The first kappa shape index (κ1) is 19.2. The van der Waals surface area contributed by atoms with Gasteiger partial charge in [0.1, 0.15) is 0 Å². The van der Waals surface area contributed by atoms with Crippen molar-refractivity contribution in [3.05, 3.63) is 65.7 Å². The number of unbranched alkanes of at least 4 members (excludes halogenated alkanes) is 4. The summed E-state index contributed by atoms with van der Waals surface area (Å²) in [4.78, 5) is 15.4. The Morgan fingerprint density at radius 1 is 0.760 bits per heavy atom. The normalized spacial score (nSPS) is 10.6. The van der Waals surface area contributed by atoms with Gasteiger partial charge in [0.15, 0.2) is 5.78 Å². The molecule has 2 nitrogen and oxygen atoms in total. The van der Waals surface area contributed by atoms with Crippen molar-refractivity contribution in [3.8, 4) is 0 Å². The predicted molar refractivity (Wildman–Crippen MR) is 108 cm³/mol. The Bertz CT molecular complexity index is 626. The number of carbonyl (C=O) groups excluding carboxylic acids is 1. The number of ketones is 1. The Kier molecular flexibility index (Phi) is 8.24. The molecule has 0 heterocycles. The molecular formula is C23H31NO. The Morgan fingerprint density at radius 2 is 1.32 bits per heavy atom. The topological polar surface area (TPSA) is 20.3 Å². The standard InChI is InChI=1S/C23H31NO/c1-3-5-12-18-24(19-13-6-4-2)22-17-11-10-16-21(22)23(25)20-14-8-7-9-15-20/h7-11,14-17H,3-6,12-13,18-19H2,1-2H3. The first-order valence-electron chi connectivity index (χ1n) is 9.71. The van der Waals surface area contributed by atoms with Gasteiger partial charge in [-0.05, 0) is 25.0 Å². The van der Waals surface area contributed by atoms with Crippen LogP contribution in [0.3, 0.4) is 0 Å². The third-order valence-electron chi connectivity index (χ3n) is 4.59. The van der Waals surface area contributed by atoms with Crippen LogP contribution in [-0.2, 0) is 0 Å². The van der Waals surface area contributed by atoms with Gasteiger partial charge in [0, 0.05) is 29.9 Å². The molecule has 0 aliphatic rings. The maximum Gasteiger partial charge on any atom is 0.195 e. The van der Waals surface area contributed by atoms with E-state index >= 15 is 0 Å². The Balaban J connectivity index is 2.25. The van der Waals surface area contributed by atoms with Crippen LogP contribution in [0.2, 0.25) is 0 Å². The van der Waals surface area contributed by atoms with E-state index in [2.05, 4.69) is 24.8 Å². The van der Waals surface area contributed by atoms with Gasteiger partial charge in [-0.15, -0.1) is 0 Å². The van der Waals surface area contributed by atoms with Crippen molar-refractivity contribution in [3.63, 3.8) is 0 Å². The van der Waals surface area contributed by atoms with Gasteiger partial charge in [0.05, 0.1) is 0 Å². The zero-order chi connectivity index (χ0) is 17.9. The fraction of sp³-hybridized carbons (Fsp3) is 0.435. The van der Waals surface area contributed by atoms with E-state index in [0.29, 0.717) is 0 Å². The summed E-state index contributed by atoms with van der Waals surface area (Å²) in [5, 5.41) is 0. The molecule has 2 aromatic rings. The van der Waals surface area contributed by atoms with Gasteiger partial charge < -0.3 is 4.90 Å². The van der Waals surface area contributed by atoms with Gasteiger partial charge in [-0.3, -0.25) is 4.79 Å². The highest BCUT2D eigenvalue weighted by Crippen LogP contribution is 2.24. The minimum atomic E-state index is 0.118. The quantitative estimate of drug-likeness (QED) is 0.364. The van der Waals surface area contributed by atoms with Crippen LogP contribution in [0, 0.1) is 0 Å². The largest absolute Gasteiger partial charge is 0.371 e. The van der Waals surface area contributed by atoms with Crippen LogP contribution in [-0.4, -0.2) is 18.9 Å². The molecule has 0 atom stereocenters. The van der Waals surface area contributed by atoms with Gasteiger partial charge in [-0.2, -0.15) is 0 Å². The van der Waals surface area contributed by atoms with Crippen molar-refractivity contribution in [2.75, 3.05) is 18.0 Å². The minimum absolute atomic E-state index is 0.118. The average Bonchev–Trinajstić information content (AvgIpc) is 2.67. The molecule has 2 rings (SSSR count). The molecule has 0 saturated carbocycles. The van der Waals surface area contributed by atoms with Crippen LogP contribution in [0.5, 0.6) is 0 Å².